The van der Waals surface area contributed by atoms with Crippen molar-refractivity contribution in [2.45, 2.75) is 38.8 Å². The maximum absolute atomic E-state index is 6.04. The van der Waals surface area contributed by atoms with E-state index in [1.807, 2.05) is 0 Å². The van der Waals surface area contributed by atoms with Crippen LogP contribution in [0.5, 0.6) is 0 Å². The number of fused-ring (bicyclic) bond motifs is 1. The highest BCUT2D eigenvalue weighted by atomic mass is 79.9. The lowest BCUT2D eigenvalue weighted by molar-refractivity contribution is 0.402. The molecule has 1 aliphatic heterocycles. The van der Waals surface area contributed by atoms with Gasteiger partial charge in [0.15, 0.2) is 0 Å². The fourth-order valence-corrected chi connectivity index (χ4v) is 2.55. The van der Waals surface area contributed by atoms with Crippen LogP contribution in [0.15, 0.2) is 4.60 Å². The number of nitrogens with zero attached hydrogens (tertiary/aromatic N) is 2. The molecule has 1 aromatic heterocycles. The summed E-state index contributed by atoms with van der Waals surface area (Å²) in [7, 11) is 0. The average molecular weight is 244 g/mol. The number of nitrogens with two attached hydrogens (primary N) is 1. The van der Waals surface area contributed by atoms with Crippen LogP contribution >= 0.6 is 15.9 Å². The molecule has 3 nitrogen and oxygen atoms in total. The summed E-state index contributed by atoms with van der Waals surface area (Å²) in [6.45, 7) is 2.11. The second-order valence-corrected chi connectivity index (χ2v) is 4.20. The van der Waals surface area contributed by atoms with Crippen LogP contribution in [-0.4, -0.2) is 9.55 Å². The Labute approximate surface area is 86.5 Å². The summed E-state index contributed by atoms with van der Waals surface area (Å²) in [5, 5.41) is 0. The third-order valence-corrected chi connectivity index (χ3v) is 3.23. The number of aromatic nitrogens is 2. The minimum atomic E-state index is 0.137. The molecule has 1 unspecified atom stereocenters. The van der Waals surface area contributed by atoms with E-state index in [0.717, 1.165) is 29.7 Å². The zero-order valence-corrected chi connectivity index (χ0v) is 9.34. The number of halogens is 1. The smallest absolute Gasteiger partial charge is 0.127 e. The lowest BCUT2D eigenvalue weighted by atomic mass is 10.1. The van der Waals surface area contributed by atoms with E-state index < -0.39 is 0 Å². The molecule has 0 bridgehead atoms. The first-order valence-corrected chi connectivity index (χ1v) is 5.54. The van der Waals surface area contributed by atoms with E-state index in [-0.39, 0.29) is 6.17 Å². The van der Waals surface area contributed by atoms with Crippen LogP contribution in [-0.2, 0) is 12.8 Å². The minimum absolute atomic E-state index is 0.137. The van der Waals surface area contributed by atoms with Crippen LogP contribution in [0.1, 0.15) is 37.4 Å². The van der Waals surface area contributed by atoms with Crippen LogP contribution in [0.3, 0.4) is 0 Å². The lowest BCUT2D eigenvalue weighted by Gasteiger charge is -2.23. The van der Waals surface area contributed by atoms with Crippen LogP contribution < -0.4 is 5.73 Å². The van der Waals surface area contributed by atoms with E-state index in [1.54, 1.807) is 0 Å². The van der Waals surface area contributed by atoms with Gasteiger partial charge in [0, 0.05) is 6.42 Å². The number of aryl methyl sites for hydroxylation is 1. The molecule has 2 heterocycles. The van der Waals surface area contributed by atoms with E-state index >= 15 is 0 Å². The molecule has 13 heavy (non-hydrogen) atoms. The van der Waals surface area contributed by atoms with Crippen molar-refractivity contribution in [3.63, 3.8) is 0 Å². The van der Waals surface area contributed by atoms with Gasteiger partial charge in [-0.2, -0.15) is 0 Å². The Balaban J connectivity index is 2.52. The summed E-state index contributed by atoms with van der Waals surface area (Å²) in [6.07, 6.45) is 4.43. The molecule has 1 aromatic rings. The summed E-state index contributed by atoms with van der Waals surface area (Å²) in [5.74, 6) is 1.11. The third kappa shape index (κ3) is 1.42. The van der Waals surface area contributed by atoms with Crippen molar-refractivity contribution >= 4 is 15.9 Å². The molecule has 0 aromatic carbocycles. The summed E-state index contributed by atoms with van der Waals surface area (Å²) < 4.78 is 3.17. The van der Waals surface area contributed by atoms with Gasteiger partial charge >= 0.3 is 0 Å². The highest BCUT2D eigenvalue weighted by molar-refractivity contribution is 9.10. The summed E-state index contributed by atoms with van der Waals surface area (Å²) in [6, 6.07) is 0. The molecular formula is C9H14BrN3. The highest BCUT2D eigenvalue weighted by Gasteiger charge is 2.22. The van der Waals surface area contributed by atoms with Crippen LogP contribution in [0.2, 0.25) is 0 Å². The zero-order chi connectivity index (χ0) is 9.42. The maximum atomic E-state index is 6.04. The maximum Gasteiger partial charge on any atom is 0.127 e. The second kappa shape index (κ2) is 3.42. The third-order valence-electron chi connectivity index (χ3n) is 2.60. The standard InChI is InChI=1S/C9H14BrN3/c1-2-8-12-9(10)6-4-3-5-7(11)13(6)8/h7H,2-5,11H2,1H3. The molecule has 0 fully saturated rings. The summed E-state index contributed by atoms with van der Waals surface area (Å²) in [4.78, 5) is 4.46. The molecular weight excluding hydrogens is 230 g/mol. The fraction of sp³-hybridized carbons (Fsp3) is 0.667. The van der Waals surface area contributed by atoms with Gasteiger partial charge in [-0.1, -0.05) is 6.92 Å². The zero-order valence-electron chi connectivity index (χ0n) is 7.76. The molecule has 1 atom stereocenters. The molecule has 2 rings (SSSR count). The Morgan fingerprint density at radius 3 is 3.15 bits per heavy atom. The van der Waals surface area contributed by atoms with E-state index in [1.165, 1.54) is 12.1 Å². The molecule has 0 saturated heterocycles. The molecule has 0 aliphatic carbocycles. The lowest BCUT2D eigenvalue weighted by Crippen LogP contribution is -2.26. The monoisotopic (exact) mass is 243 g/mol. The van der Waals surface area contributed by atoms with Gasteiger partial charge in [0.2, 0.25) is 0 Å². The van der Waals surface area contributed by atoms with Gasteiger partial charge in [0.25, 0.3) is 0 Å². The molecule has 72 valence electrons. The predicted molar refractivity (Wildman–Crippen MR) is 55.5 cm³/mol. The van der Waals surface area contributed by atoms with Crippen molar-refractivity contribution in [2.75, 3.05) is 0 Å². The van der Waals surface area contributed by atoms with Crippen molar-refractivity contribution in [3.8, 4) is 0 Å². The largest absolute Gasteiger partial charge is 0.315 e. The van der Waals surface area contributed by atoms with Crippen molar-refractivity contribution in [1.82, 2.24) is 9.55 Å². The Kier molecular flexibility index (Phi) is 2.43. The van der Waals surface area contributed by atoms with Crippen molar-refractivity contribution < 1.29 is 0 Å². The summed E-state index contributed by atoms with van der Waals surface area (Å²) >= 11 is 3.48. The van der Waals surface area contributed by atoms with Crippen LogP contribution in [0.25, 0.3) is 0 Å². The van der Waals surface area contributed by atoms with Crippen molar-refractivity contribution in [2.24, 2.45) is 5.73 Å². The Morgan fingerprint density at radius 2 is 2.46 bits per heavy atom. The molecule has 1 aliphatic rings. The van der Waals surface area contributed by atoms with Gasteiger partial charge < -0.3 is 10.3 Å². The van der Waals surface area contributed by atoms with Gasteiger partial charge in [-0.3, -0.25) is 0 Å². The number of imidazole rings is 1. The average Bonchev–Trinajstić information content (AvgIpc) is 2.45. The summed E-state index contributed by atoms with van der Waals surface area (Å²) in [5.41, 5.74) is 7.31. The SMILES string of the molecule is CCc1nc(Br)c2n1C(N)CCC2. The van der Waals surface area contributed by atoms with E-state index in [0.29, 0.717) is 0 Å². The van der Waals surface area contributed by atoms with Gasteiger partial charge in [0.05, 0.1) is 11.9 Å². The first-order valence-electron chi connectivity index (χ1n) is 4.75. The Hall–Kier alpha value is -0.350. The first-order chi connectivity index (χ1) is 6.24. The molecule has 0 spiro atoms. The molecule has 2 N–H and O–H groups in total. The van der Waals surface area contributed by atoms with Crippen molar-refractivity contribution in [3.05, 3.63) is 16.1 Å². The second-order valence-electron chi connectivity index (χ2n) is 3.45. The van der Waals surface area contributed by atoms with Crippen LogP contribution in [0, 0.1) is 0 Å². The van der Waals surface area contributed by atoms with Crippen molar-refractivity contribution in [1.29, 1.82) is 0 Å². The van der Waals surface area contributed by atoms with E-state index in [9.17, 15) is 0 Å². The fourth-order valence-electron chi connectivity index (χ4n) is 1.96. The van der Waals surface area contributed by atoms with Gasteiger partial charge in [-0.05, 0) is 35.2 Å². The highest BCUT2D eigenvalue weighted by Crippen LogP contribution is 2.28. The molecule has 0 radical (unpaired) electrons. The van der Waals surface area contributed by atoms with E-state index in [2.05, 4.69) is 32.4 Å². The molecule has 0 saturated carbocycles. The predicted octanol–water partition coefficient (Wildman–Crippen LogP) is 2.00. The molecule has 0 amide bonds. The van der Waals surface area contributed by atoms with Crippen LogP contribution in [0.4, 0.5) is 0 Å². The number of rotatable bonds is 1. The normalized spacial score (nSPS) is 21.6. The van der Waals surface area contributed by atoms with Gasteiger partial charge in [0.1, 0.15) is 10.4 Å². The Morgan fingerprint density at radius 1 is 1.69 bits per heavy atom. The number of hydrogen-bond donors (Lipinski definition) is 1. The molecule has 4 heteroatoms. The van der Waals surface area contributed by atoms with E-state index in [4.69, 9.17) is 5.73 Å². The first kappa shape index (κ1) is 9.21. The van der Waals surface area contributed by atoms with Gasteiger partial charge in [-0.25, -0.2) is 4.98 Å². The van der Waals surface area contributed by atoms with Gasteiger partial charge in [-0.15, -0.1) is 0 Å². The topological polar surface area (TPSA) is 43.8 Å². The number of hydrogen-bond acceptors (Lipinski definition) is 2. The quantitative estimate of drug-likeness (QED) is 0.821. The Bertz CT molecular complexity index is 319. The minimum Gasteiger partial charge on any atom is -0.315 e.